The molecule has 0 N–H and O–H groups in total. The van der Waals surface area contributed by atoms with Crippen LogP contribution in [0.5, 0.6) is 0 Å². The summed E-state index contributed by atoms with van der Waals surface area (Å²) in [6.45, 7) is 0. The first kappa shape index (κ1) is 15.2. The highest BCUT2D eigenvalue weighted by Crippen LogP contribution is 2.29. The standard InChI is InChI=1S/C15H12BrNO4/c1-21-15(18)14(11-3-2-4-12(16)9-11)10-5-7-13(8-6-10)17(19)20/h2-9,14H,1H3. The Kier molecular flexibility index (Phi) is 4.70. The lowest BCUT2D eigenvalue weighted by molar-refractivity contribution is -0.384. The molecule has 0 heterocycles. The van der Waals surface area contributed by atoms with Crippen molar-refractivity contribution in [3.8, 4) is 0 Å². The number of ether oxygens (including phenoxy) is 1. The minimum absolute atomic E-state index is 0.0170. The van der Waals surface area contributed by atoms with Gasteiger partial charge in [-0.1, -0.05) is 40.2 Å². The van der Waals surface area contributed by atoms with E-state index in [-0.39, 0.29) is 5.69 Å². The minimum atomic E-state index is -0.617. The summed E-state index contributed by atoms with van der Waals surface area (Å²) in [6.07, 6.45) is 0. The zero-order valence-electron chi connectivity index (χ0n) is 11.2. The molecule has 0 aliphatic carbocycles. The largest absolute Gasteiger partial charge is 0.468 e. The van der Waals surface area contributed by atoms with Crippen LogP contribution in [0.25, 0.3) is 0 Å². The average Bonchev–Trinajstić information content (AvgIpc) is 2.48. The van der Waals surface area contributed by atoms with Crippen LogP contribution in [0.1, 0.15) is 17.0 Å². The molecule has 108 valence electrons. The molecule has 5 nitrogen and oxygen atoms in total. The van der Waals surface area contributed by atoms with Crippen molar-refractivity contribution in [2.45, 2.75) is 5.92 Å². The van der Waals surface area contributed by atoms with Gasteiger partial charge < -0.3 is 4.74 Å². The van der Waals surface area contributed by atoms with E-state index in [0.717, 1.165) is 10.0 Å². The van der Waals surface area contributed by atoms with E-state index >= 15 is 0 Å². The lowest BCUT2D eigenvalue weighted by Crippen LogP contribution is -2.15. The molecule has 0 saturated heterocycles. The molecule has 21 heavy (non-hydrogen) atoms. The summed E-state index contributed by atoms with van der Waals surface area (Å²) >= 11 is 3.36. The normalized spacial score (nSPS) is 11.7. The van der Waals surface area contributed by atoms with Gasteiger partial charge >= 0.3 is 5.97 Å². The van der Waals surface area contributed by atoms with E-state index in [1.165, 1.54) is 19.2 Å². The number of hydrogen-bond donors (Lipinski definition) is 0. The summed E-state index contributed by atoms with van der Waals surface area (Å²) in [5.74, 6) is -1.03. The first-order chi connectivity index (χ1) is 10.0. The van der Waals surface area contributed by atoms with Crippen LogP contribution < -0.4 is 0 Å². The molecule has 0 bridgehead atoms. The number of esters is 1. The maximum absolute atomic E-state index is 12.1. The lowest BCUT2D eigenvalue weighted by Gasteiger charge is -2.15. The third-order valence-electron chi connectivity index (χ3n) is 3.06. The Balaban J connectivity index is 2.45. The van der Waals surface area contributed by atoms with Crippen molar-refractivity contribution in [3.05, 3.63) is 74.2 Å². The highest BCUT2D eigenvalue weighted by atomic mass is 79.9. The number of benzene rings is 2. The first-order valence-corrected chi connectivity index (χ1v) is 6.90. The SMILES string of the molecule is COC(=O)C(c1ccc([N+](=O)[O-])cc1)c1cccc(Br)c1. The number of rotatable bonds is 4. The van der Waals surface area contributed by atoms with Crippen LogP contribution >= 0.6 is 15.9 Å². The fourth-order valence-corrected chi connectivity index (χ4v) is 2.47. The maximum atomic E-state index is 12.1. The number of nitro groups is 1. The molecule has 0 amide bonds. The second-order valence-electron chi connectivity index (χ2n) is 4.36. The lowest BCUT2D eigenvalue weighted by atomic mass is 9.91. The average molecular weight is 350 g/mol. The van der Waals surface area contributed by atoms with Gasteiger partial charge in [0.2, 0.25) is 0 Å². The summed E-state index contributed by atoms with van der Waals surface area (Å²) in [4.78, 5) is 22.3. The zero-order chi connectivity index (χ0) is 15.4. The van der Waals surface area contributed by atoms with Gasteiger partial charge in [0.05, 0.1) is 12.0 Å². The molecular formula is C15H12BrNO4. The number of carbonyl (C=O) groups excluding carboxylic acids is 1. The third kappa shape index (κ3) is 3.46. The van der Waals surface area contributed by atoms with Gasteiger partial charge in [-0.25, -0.2) is 0 Å². The highest BCUT2D eigenvalue weighted by Gasteiger charge is 2.24. The van der Waals surface area contributed by atoms with Crippen LogP contribution in [-0.4, -0.2) is 18.0 Å². The maximum Gasteiger partial charge on any atom is 0.317 e. The molecule has 2 aromatic rings. The minimum Gasteiger partial charge on any atom is -0.468 e. The van der Waals surface area contributed by atoms with Gasteiger partial charge in [0, 0.05) is 16.6 Å². The molecule has 2 aromatic carbocycles. The van der Waals surface area contributed by atoms with E-state index in [4.69, 9.17) is 4.74 Å². The van der Waals surface area contributed by atoms with Gasteiger partial charge in [0.25, 0.3) is 5.69 Å². The summed E-state index contributed by atoms with van der Waals surface area (Å²) in [7, 11) is 1.32. The Hall–Kier alpha value is -2.21. The van der Waals surface area contributed by atoms with Crippen molar-refractivity contribution in [2.24, 2.45) is 0 Å². The van der Waals surface area contributed by atoms with Crippen LogP contribution in [0.3, 0.4) is 0 Å². The van der Waals surface area contributed by atoms with Crippen LogP contribution in [-0.2, 0) is 9.53 Å². The van der Waals surface area contributed by atoms with Crippen molar-refractivity contribution >= 4 is 27.6 Å². The third-order valence-corrected chi connectivity index (χ3v) is 3.55. The molecule has 0 radical (unpaired) electrons. The van der Waals surface area contributed by atoms with Crippen LogP contribution in [0.4, 0.5) is 5.69 Å². The molecule has 1 atom stereocenters. The summed E-state index contributed by atoms with van der Waals surface area (Å²) in [5, 5.41) is 10.7. The number of hydrogen-bond acceptors (Lipinski definition) is 4. The monoisotopic (exact) mass is 349 g/mol. The first-order valence-electron chi connectivity index (χ1n) is 6.10. The van der Waals surface area contributed by atoms with E-state index in [9.17, 15) is 14.9 Å². The van der Waals surface area contributed by atoms with Gasteiger partial charge in [-0.3, -0.25) is 14.9 Å². The topological polar surface area (TPSA) is 69.4 Å². The van der Waals surface area contributed by atoms with Crippen molar-refractivity contribution in [1.82, 2.24) is 0 Å². The fourth-order valence-electron chi connectivity index (χ4n) is 2.06. The smallest absolute Gasteiger partial charge is 0.317 e. The van der Waals surface area contributed by atoms with Gasteiger partial charge in [-0.05, 0) is 23.3 Å². The molecule has 1 unspecified atom stereocenters. The van der Waals surface area contributed by atoms with Crippen LogP contribution in [0.15, 0.2) is 53.0 Å². The molecule has 6 heteroatoms. The molecular weight excluding hydrogens is 338 g/mol. The molecule has 2 rings (SSSR count). The Morgan fingerprint density at radius 1 is 1.19 bits per heavy atom. The number of halogens is 1. The number of nitro benzene ring substituents is 1. The van der Waals surface area contributed by atoms with E-state index in [1.807, 2.05) is 24.3 Å². The summed E-state index contributed by atoms with van der Waals surface area (Å²) in [6, 6.07) is 13.2. The second kappa shape index (κ2) is 6.49. The number of methoxy groups -OCH3 is 1. The van der Waals surface area contributed by atoms with Crippen LogP contribution in [0, 0.1) is 10.1 Å². The number of nitrogens with zero attached hydrogens (tertiary/aromatic N) is 1. The predicted octanol–water partition coefficient (Wildman–Crippen LogP) is 3.66. The summed E-state index contributed by atoms with van der Waals surface area (Å²) in [5.41, 5.74) is 1.38. The predicted molar refractivity (Wildman–Crippen MR) is 81.1 cm³/mol. The van der Waals surface area contributed by atoms with E-state index in [1.54, 1.807) is 12.1 Å². The molecule has 0 spiro atoms. The number of carbonyl (C=O) groups is 1. The van der Waals surface area contributed by atoms with Crippen molar-refractivity contribution < 1.29 is 14.5 Å². The van der Waals surface area contributed by atoms with E-state index in [2.05, 4.69) is 15.9 Å². The molecule has 0 aliphatic heterocycles. The van der Waals surface area contributed by atoms with Gasteiger partial charge in [-0.2, -0.15) is 0 Å². The van der Waals surface area contributed by atoms with Gasteiger partial charge in [0.15, 0.2) is 0 Å². The van der Waals surface area contributed by atoms with Gasteiger partial charge in [-0.15, -0.1) is 0 Å². The van der Waals surface area contributed by atoms with E-state index in [0.29, 0.717) is 5.56 Å². The quantitative estimate of drug-likeness (QED) is 0.479. The van der Waals surface area contributed by atoms with Crippen molar-refractivity contribution in [2.75, 3.05) is 7.11 Å². The van der Waals surface area contributed by atoms with Gasteiger partial charge in [0.1, 0.15) is 5.92 Å². The van der Waals surface area contributed by atoms with Crippen molar-refractivity contribution in [3.63, 3.8) is 0 Å². The summed E-state index contributed by atoms with van der Waals surface area (Å²) < 4.78 is 5.69. The number of non-ortho nitro benzene ring substituents is 1. The zero-order valence-corrected chi connectivity index (χ0v) is 12.7. The van der Waals surface area contributed by atoms with Crippen molar-refractivity contribution in [1.29, 1.82) is 0 Å². The molecule has 0 saturated carbocycles. The molecule has 0 aliphatic rings. The second-order valence-corrected chi connectivity index (χ2v) is 5.28. The van der Waals surface area contributed by atoms with E-state index < -0.39 is 16.8 Å². The van der Waals surface area contributed by atoms with Crippen LogP contribution in [0.2, 0.25) is 0 Å². The highest BCUT2D eigenvalue weighted by molar-refractivity contribution is 9.10. The Bertz CT molecular complexity index is 670. The Labute approximate surface area is 129 Å². The Morgan fingerprint density at radius 3 is 2.38 bits per heavy atom. The molecule has 0 fully saturated rings. The molecule has 0 aromatic heterocycles. The Morgan fingerprint density at radius 2 is 1.86 bits per heavy atom. The fraction of sp³-hybridized carbons (Fsp3) is 0.133.